The predicted octanol–water partition coefficient (Wildman–Crippen LogP) is 2.94. The normalized spacial score (nSPS) is 20.7. The molecule has 1 aromatic carbocycles. The molecule has 4 rings (SSSR count). The number of pyridine rings is 1. The summed E-state index contributed by atoms with van der Waals surface area (Å²) in [5.41, 5.74) is 1.37. The average Bonchev–Trinajstić information content (AvgIpc) is 2.98. The molecule has 2 saturated heterocycles. The Kier molecular flexibility index (Phi) is 4.57. The molecule has 25 heavy (non-hydrogen) atoms. The molecule has 3 heterocycles. The lowest BCUT2D eigenvalue weighted by molar-refractivity contribution is 0.0646. The summed E-state index contributed by atoms with van der Waals surface area (Å²) in [6.45, 7) is 3.63. The molecule has 1 unspecified atom stereocenters. The van der Waals surface area contributed by atoms with Gasteiger partial charge in [-0.2, -0.15) is 0 Å². The van der Waals surface area contributed by atoms with Crippen LogP contribution in [0.25, 0.3) is 10.9 Å². The fraction of sp³-hybridized carbons (Fsp3) is 0.500. The van der Waals surface area contributed by atoms with Gasteiger partial charge >= 0.3 is 0 Å². The van der Waals surface area contributed by atoms with Crippen LogP contribution in [0, 0.1) is 0 Å². The average molecular weight is 339 g/mol. The number of aromatic nitrogens is 1. The molecule has 2 aromatic rings. The summed E-state index contributed by atoms with van der Waals surface area (Å²) < 4.78 is 5.94. The third-order valence-corrected chi connectivity index (χ3v) is 5.41. The molecule has 2 fully saturated rings. The van der Waals surface area contributed by atoms with E-state index in [-0.39, 0.29) is 5.91 Å². The van der Waals surface area contributed by atoms with Crippen molar-refractivity contribution in [2.75, 3.05) is 33.3 Å². The van der Waals surface area contributed by atoms with Crippen molar-refractivity contribution in [2.45, 2.75) is 31.7 Å². The van der Waals surface area contributed by atoms with Gasteiger partial charge < -0.3 is 14.5 Å². The van der Waals surface area contributed by atoms with Crippen molar-refractivity contribution in [3.8, 4) is 5.75 Å². The maximum Gasteiger partial charge on any atom is 0.272 e. The summed E-state index contributed by atoms with van der Waals surface area (Å²) in [7, 11) is 2.19. The Labute approximate surface area is 148 Å². The maximum atomic E-state index is 12.3. The maximum absolute atomic E-state index is 12.3. The number of hydrogen-bond donors (Lipinski definition) is 0. The number of carbonyl (C=O) groups excluding carboxylic acids is 1. The third-order valence-electron chi connectivity index (χ3n) is 5.41. The SMILES string of the molecule is CN1CCCC1CCOc1ccc2nc(C(=O)N3CCC3)ccc2c1. The summed E-state index contributed by atoms with van der Waals surface area (Å²) in [5, 5.41) is 1.01. The van der Waals surface area contributed by atoms with Crippen molar-refractivity contribution >= 4 is 16.8 Å². The molecule has 0 spiro atoms. The largest absolute Gasteiger partial charge is 0.494 e. The molecule has 0 N–H and O–H groups in total. The van der Waals surface area contributed by atoms with Gasteiger partial charge in [0.2, 0.25) is 0 Å². The smallest absolute Gasteiger partial charge is 0.272 e. The number of ether oxygens (including phenoxy) is 1. The molecular weight excluding hydrogens is 314 g/mol. The lowest BCUT2D eigenvalue weighted by atomic mass is 10.1. The molecule has 0 aliphatic carbocycles. The monoisotopic (exact) mass is 339 g/mol. The number of carbonyl (C=O) groups is 1. The van der Waals surface area contributed by atoms with Crippen LogP contribution < -0.4 is 4.74 Å². The highest BCUT2D eigenvalue weighted by Gasteiger charge is 2.23. The molecule has 0 saturated carbocycles. The second kappa shape index (κ2) is 7.00. The van der Waals surface area contributed by atoms with Crippen LogP contribution in [0.2, 0.25) is 0 Å². The molecule has 132 valence electrons. The molecule has 0 radical (unpaired) electrons. The summed E-state index contributed by atoms with van der Waals surface area (Å²) >= 11 is 0. The predicted molar refractivity (Wildman–Crippen MR) is 98.0 cm³/mol. The van der Waals surface area contributed by atoms with Gasteiger partial charge in [0.15, 0.2) is 0 Å². The number of amides is 1. The minimum absolute atomic E-state index is 0.0363. The van der Waals surface area contributed by atoms with E-state index in [0.29, 0.717) is 11.7 Å². The zero-order chi connectivity index (χ0) is 17.2. The van der Waals surface area contributed by atoms with E-state index < -0.39 is 0 Å². The zero-order valence-corrected chi connectivity index (χ0v) is 14.8. The third kappa shape index (κ3) is 3.47. The minimum atomic E-state index is 0.0363. The molecule has 1 amide bonds. The van der Waals surface area contributed by atoms with Crippen molar-refractivity contribution in [3.63, 3.8) is 0 Å². The quantitative estimate of drug-likeness (QED) is 0.840. The number of fused-ring (bicyclic) bond motifs is 1. The van der Waals surface area contributed by atoms with Gasteiger partial charge in [-0.3, -0.25) is 4.79 Å². The first-order valence-corrected chi connectivity index (χ1v) is 9.24. The second-order valence-electron chi connectivity index (χ2n) is 7.11. The van der Waals surface area contributed by atoms with Crippen LogP contribution in [0.3, 0.4) is 0 Å². The van der Waals surface area contributed by atoms with Gasteiger partial charge in [-0.05, 0) is 63.5 Å². The highest BCUT2D eigenvalue weighted by atomic mass is 16.5. The van der Waals surface area contributed by atoms with Crippen LogP contribution in [-0.4, -0.2) is 60.0 Å². The highest BCUT2D eigenvalue weighted by molar-refractivity contribution is 5.95. The molecule has 2 aliphatic heterocycles. The standard InChI is InChI=1S/C20H25N3O2/c1-22-10-2-4-16(22)9-13-25-17-6-8-18-15(14-17)5-7-19(21-18)20(24)23-11-3-12-23/h5-8,14,16H,2-4,9-13H2,1H3. The molecule has 0 bridgehead atoms. The first-order valence-electron chi connectivity index (χ1n) is 9.24. The van der Waals surface area contributed by atoms with E-state index in [0.717, 1.165) is 49.2 Å². The van der Waals surface area contributed by atoms with Gasteiger partial charge in [0, 0.05) is 24.5 Å². The van der Waals surface area contributed by atoms with E-state index in [1.807, 2.05) is 35.2 Å². The van der Waals surface area contributed by atoms with E-state index >= 15 is 0 Å². The Morgan fingerprint density at radius 2 is 2.08 bits per heavy atom. The first-order chi connectivity index (χ1) is 12.2. The first kappa shape index (κ1) is 16.3. The molecular formula is C20H25N3O2. The van der Waals surface area contributed by atoms with E-state index in [2.05, 4.69) is 16.9 Å². The van der Waals surface area contributed by atoms with Crippen molar-refractivity contribution < 1.29 is 9.53 Å². The Bertz CT molecular complexity index is 773. The van der Waals surface area contributed by atoms with Gasteiger partial charge in [-0.1, -0.05) is 6.07 Å². The number of hydrogen-bond acceptors (Lipinski definition) is 4. The summed E-state index contributed by atoms with van der Waals surface area (Å²) in [4.78, 5) is 21.0. The Morgan fingerprint density at radius 1 is 1.20 bits per heavy atom. The van der Waals surface area contributed by atoms with Crippen LogP contribution in [-0.2, 0) is 0 Å². The molecule has 2 aliphatic rings. The Hall–Kier alpha value is -2.14. The number of nitrogens with zero attached hydrogens (tertiary/aromatic N) is 3. The summed E-state index contributed by atoms with van der Waals surface area (Å²) in [6, 6.07) is 10.3. The topological polar surface area (TPSA) is 45.7 Å². The van der Waals surface area contributed by atoms with E-state index in [1.54, 1.807) is 0 Å². The van der Waals surface area contributed by atoms with E-state index in [9.17, 15) is 4.79 Å². The number of rotatable bonds is 5. The van der Waals surface area contributed by atoms with Crippen LogP contribution in [0.5, 0.6) is 5.75 Å². The van der Waals surface area contributed by atoms with Gasteiger partial charge in [0.1, 0.15) is 11.4 Å². The lowest BCUT2D eigenvalue weighted by Crippen LogP contribution is -2.42. The molecule has 1 aromatic heterocycles. The molecule has 1 atom stereocenters. The molecule has 5 nitrogen and oxygen atoms in total. The lowest BCUT2D eigenvalue weighted by Gasteiger charge is -2.30. The van der Waals surface area contributed by atoms with Crippen molar-refractivity contribution in [2.24, 2.45) is 0 Å². The van der Waals surface area contributed by atoms with Gasteiger partial charge in [0.05, 0.1) is 12.1 Å². The van der Waals surface area contributed by atoms with Gasteiger partial charge in [-0.25, -0.2) is 4.98 Å². The van der Waals surface area contributed by atoms with E-state index in [1.165, 1.54) is 19.4 Å². The van der Waals surface area contributed by atoms with E-state index in [4.69, 9.17) is 4.74 Å². The fourth-order valence-corrected chi connectivity index (χ4v) is 3.65. The van der Waals surface area contributed by atoms with Crippen LogP contribution >= 0.6 is 0 Å². The van der Waals surface area contributed by atoms with Crippen LogP contribution in [0.4, 0.5) is 0 Å². The number of likely N-dealkylation sites (tertiary alicyclic amines) is 2. The van der Waals surface area contributed by atoms with Gasteiger partial charge in [0.25, 0.3) is 5.91 Å². The van der Waals surface area contributed by atoms with Crippen LogP contribution in [0.15, 0.2) is 30.3 Å². The Morgan fingerprint density at radius 3 is 2.80 bits per heavy atom. The summed E-state index contributed by atoms with van der Waals surface area (Å²) in [6.07, 6.45) is 4.73. The number of benzene rings is 1. The van der Waals surface area contributed by atoms with Crippen molar-refractivity contribution in [3.05, 3.63) is 36.0 Å². The minimum Gasteiger partial charge on any atom is -0.494 e. The van der Waals surface area contributed by atoms with Gasteiger partial charge in [-0.15, -0.1) is 0 Å². The van der Waals surface area contributed by atoms with Crippen molar-refractivity contribution in [1.29, 1.82) is 0 Å². The summed E-state index contributed by atoms with van der Waals surface area (Å²) in [5.74, 6) is 0.908. The fourth-order valence-electron chi connectivity index (χ4n) is 3.65. The van der Waals surface area contributed by atoms with Crippen LogP contribution in [0.1, 0.15) is 36.2 Å². The second-order valence-corrected chi connectivity index (χ2v) is 7.11. The zero-order valence-electron chi connectivity index (χ0n) is 14.8. The van der Waals surface area contributed by atoms with Crippen molar-refractivity contribution in [1.82, 2.24) is 14.8 Å². The highest BCUT2D eigenvalue weighted by Crippen LogP contribution is 2.23. The Balaban J connectivity index is 1.40. The molecule has 5 heteroatoms.